The van der Waals surface area contributed by atoms with Gasteiger partial charge in [0.25, 0.3) is 11.6 Å². The first-order valence-electron chi connectivity index (χ1n) is 7.81. The summed E-state index contributed by atoms with van der Waals surface area (Å²) in [6.45, 7) is 4.45. The molecule has 3 rings (SSSR count). The molecule has 8 heteroatoms. The molecule has 126 valence electrons. The number of likely N-dealkylation sites (tertiary alicyclic amines) is 1. The van der Waals surface area contributed by atoms with Crippen molar-refractivity contribution >= 4 is 11.6 Å². The zero-order valence-corrected chi connectivity index (χ0v) is 13.6. The van der Waals surface area contributed by atoms with Crippen LogP contribution in [0.25, 0.3) is 0 Å². The number of aromatic nitrogens is 2. The molecular formula is C16H18N4O4. The topological polar surface area (TPSA) is 102 Å². The van der Waals surface area contributed by atoms with E-state index in [1.54, 1.807) is 30.9 Å². The van der Waals surface area contributed by atoms with Crippen LogP contribution in [0.15, 0.2) is 22.7 Å². The van der Waals surface area contributed by atoms with Crippen molar-refractivity contribution in [1.29, 1.82) is 0 Å². The Kier molecular flexibility index (Phi) is 4.28. The van der Waals surface area contributed by atoms with Gasteiger partial charge in [-0.2, -0.15) is 4.98 Å². The highest BCUT2D eigenvalue weighted by molar-refractivity contribution is 5.96. The van der Waals surface area contributed by atoms with E-state index < -0.39 is 4.92 Å². The second-order valence-corrected chi connectivity index (χ2v) is 5.98. The predicted molar refractivity (Wildman–Crippen MR) is 84.7 cm³/mol. The van der Waals surface area contributed by atoms with Crippen LogP contribution in [0, 0.1) is 24.0 Å². The smallest absolute Gasteiger partial charge is 0.273 e. The Hall–Kier alpha value is -2.77. The maximum Gasteiger partial charge on any atom is 0.273 e. The second kappa shape index (κ2) is 6.38. The van der Waals surface area contributed by atoms with Crippen molar-refractivity contribution < 1.29 is 14.2 Å². The predicted octanol–water partition coefficient (Wildman–Crippen LogP) is 2.61. The van der Waals surface area contributed by atoms with E-state index in [2.05, 4.69) is 10.1 Å². The normalized spacial score (nSPS) is 17.8. The SMILES string of the molecule is Cc1noc(C2CCCN(C(=O)c3cccc([N+](=O)[O-])c3C)C2)n1. The molecule has 0 saturated carbocycles. The van der Waals surface area contributed by atoms with Gasteiger partial charge in [-0.15, -0.1) is 0 Å². The third-order valence-corrected chi connectivity index (χ3v) is 4.33. The highest BCUT2D eigenvalue weighted by Crippen LogP contribution is 2.28. The van der Waals surface area contributed by atoms with Gasteiger partial charge in [-0.1, -0.05) is 11.2 Å². The molecule has 0 spiro atoms. The van der Waals surface area contributed by atoms with Crippen molar-refractivity contribution in [2.24, 2.45) is 0 Å². The molecule has 0 bridgehead atoms. The number of piperidine rings is 1. The molecular weight excluding hydrogens is 312 g/mol. The fourth-order valence-electron chi connectivity index (χ4n) is 3.07. The first-order valence-corrected chi connectivity index (χ1v) is 7.81. The quantitative estimate of drug-likeness (QED) is 0.633. The van der Waals surface area contributed by atoms with E-state index in [0.717, 1.165) is 12.8 Å². The van der Waals surface area contributed by atoms with E-state index in [0.29, 0.717) is 35.9 Å². The Balaban J connectivity index is 1.82. The minimum absolute atomic E-state index is 0.00269. The van der Waals surface area contributed by atoms with Gasteiger partial charge in [0.15, 0.2) is 5.82 Å². The van der Waals surface area contributed by atoms with Gasteiger partial charge in [-0.3, -0.25) is 14.9 Å². The van der Waals surface area contributed by atoms with E-state index in [1.807, 2.05) is 0 Å². The summed E-state index contributed by atoms with van der Waals surface area (Å²) in [5.41, 5.74) is 0.719. The third kappa shape index (κ3) is 2.99. The lowest BCUT2D eigenvalue weighted by Crippen LogP contribution is -2.39. The van der Waals surface area contributed by atoms with Crippen molar-refractivity contribution in [2.75, 3.05) is 13.1 Å². The molecule has 2 aromatic rings. The summed E-state index contributed by atoms with van der Waals surface area (Å²) in [5, 5.41) is 14.9. The molecule has 1 unspecified atom stereocenters. The average Bonchev–Trinajstić information content (AvgIpc) is 3.01. The number of hydrogen-bond acceptors (Lipinski definition) is 6. The monoisotopic (exact) mass is 330 g/mol. The van der Waals surface area contributed by atoms with Gasteiger partial charge in [-0.05, 0) is 32.8 Å². The van der Waals surface area contributed by atoms with Crippen molar-refractivity contribution in [3.05, 3.63) is 51.2 Å². The number of aryl methyl sites for hydroxylation is 1. The lowest BCUT2D eigenvalue weighted by atomic mass is 9.96. The second-order valence-electron chi connectivity index (χ2n) is 5.98. The maximum atomic E-state index is 12.8. The molecule has 1 aromatic heterocycles. The summed E-state index contributed by atoms with van der Waals surface area (Å²) in [7, 11) is 0. The van der Waals surface area contributed by atoms with Crippen LogP contribution in [-0.2, 0) is 0 Å². The third-order valence-electron chi connectivity index (χ3n) is 4.33. The Morgan fingerprint density at radius 3 is 2.88 bits per heavy atom. The van der Waals surface area contributed by atoms with Gasteiger partial charge in [-0.25, -0.2) is 0 Å². The van der Waals surface area contributed by atoms with E-state index in [-0.39, 0.29) is 17.5 Å². The van der Waals surface area contributed by atoms with Gasteiger partial charge in [0.05, 0.1) is 10.8 Å². The van der Waals surface area contributed by atoms with Crippen LogP contribution in [0.1, 0.15) is 46.4 Å². The zero-order valence-electron chi connectivity index (χ0n) is 13.6. The minimum Gasteiger partial charge on any atom is -0.339 e. The summed E-state index contributed by atoms with van der Waals surface area (Å²) in [6, 6.07) is 4.58. The molecule has 0 radical (unpaired) electrons. The molecule has 0 N–H and O–H groups in total. The standard InChI is InChI=1S/C16H18N4O4/c1-10-13(6-3-7-14(10)20(22)23)16(21)19-8-4-5-12(9-19)15-17-11(2)18-24-15/h3,6-7,12H,4-5,8-9H2,1-2H3. The Bertz CT molecular complexity index is 786. The van der Waals surface area contributed by atoms with Crippen molar-refractivity contribution in [1.82, 2.24) is 15.0 Å². The number of carbonyl (C=O) groups excluding carboxylic acids is 1. The summed E-state index contributed by atoms with van der Waals surface area (Å²) >= 11 is 0. The summed E-state index contributed by atoms with van der Waals surface area (Å²) < 4.78 is 5.22. The molecule has 1 saturated heterocycles. The van der Waals surface area contributed by atoms with Gasteiger partial charge in [0.1, 0.15) is 0 Å². The van der Waals surface area contributed by atoms with Gasteiger partial charge in [0, 0.05) is 30.3 Å². The fraction of sp³-hybridized carbons (Fsp3) is 0.438. The van der Waals surface area contributed by atoms with E-state index in [4.69, 9.17) is 4.52 Å². The number of benzene rings is 1. The van der Waals surface area contributed by atoms with E-state index >= 15 is 0 Å². The summed E-state index contributed by atoms with van der Waals surface area (Å²) in [4.78, 5) is 29.4. The molecule has 1 atom stereocenters. The Morgan fingerprint density at radius 2 is 2.21 bits per heavy atom. The van der Waals surface area contributed by atoms with Crippen LogP contribution >= 0.6 is 0 Å². The van der Waals surface area contributed by atoms with Crippen molar-refractivity contribution in [3.8, 4) is 0 Å². The lowest BCUT2D eigenvalue weighted by Gasteiger charge is -2.31. The summed E-state index contributed by atoms with van der Waals surface area (Å²) in [5.74, 6) is 0.920. The van der Waals surface area contributed by atoms with Gasteiger partial charge < -0.3 is 9.42 Å². The number of rotatable bonds is 3. The van der Waals surface area contributed by atoms with E-state index in [9.17, 15) is 14.9 Å². The first-order chi connectivity index (χ1) is 11.5. The Morgan fingerprint density at radius 1 is 1.42 bits per heavy atom. The fourth-order valence-corrected chi connectivity index (χ4v) is 3.07. The number of carbonyl (C=O) groups is 1. The molecule has 1 aromatic carbocycles. The van der Waals surface area contributed by atoms with Crippen LogP contribution < -0.4 is 0 Å². The zero-order chi connectivity index (χ0) is 17.3. The molecule has 0 aliphatic carbocycles. The van der Waals surface area contributed by atoms with Gasteiger partial charge in [0.2, 0.25) is 5.89 Å². The van der Waals surface area contributed by atoms with Gasteiger partial charge >= 0.3 is 0 Å². The molecule has 1 aliphatic rings. The number of nitrogens with zero attached hydrogens (tertiary/aromatic N) is 4. The molecule has 24 heavy (non-hydrogen) atoms. The largest absolute Gasteiger partial charge is 0.339 e. The molecule has 1 aliphatic heterocycles. The molecule has 2 heterocycles. The first kappa shape index (κ1) is 16.1. The van der Waals surface area contributed by atoms with Crippen molar-refractivity contribution in [2.45, 2.75) is 32.6 Å². The highest BCUT2D eigenvalue weighted by Gasteiger charge is 2.30. The molecule has 1 amide bonds. The summed E-state index contributed by atoms with van der Waals surface area (Å²) in [6.07, 6.45) is 1.70. The van der Waals surface area contributed by atoms with Crippen molar-refractivity contribution in [3.63, 3.8) is 0 Å². The number of amides is 1. The van der Waals surface area contributed by atoms with E-state index in [1.165, 1.54) is 6.07 Å². The highest BCUT2D eigenvalue weighted by atomic mass is 16.6. The minimum atomic E-state index is -0.466. The Labute approximate surface area is 138 Å². The lowest BCUT2D eigenvalue weighted by molar-refractivity contribution is -0.385. The number of nitro benzene ring substituents is 1. The average molecular weight is 330 g/mol. The molecule has 8 nitrogen and oxygen atoms in total. The van der Waals surface area contributed by atoms with Crippen LogP contribution in [0.3, 0.4) is 0 Å². The van der Waals surface area contributed by atoms with Crippen LogP contribution in [0.4, 0.5) is 5.69 Å². The van der Waals surface area contributed by atoms with Crippen LogP contribution in [0.5, 0.6) is 0 Å². The molecule has 1 fully saturated rings. The number of nitro groups is 1. The maximum absolute atomic E-state index is 12.8. The number of hydrogen-bond donors (Lipinski definition) is 0. The van der Waals surface area contributed by atoms with Crippen LogP contribution in [-0.4, -0.2) is 39.0 Å². The van der Waals surface area contributed by atoms with Crippen LogP contribution in [0.2, 0.25) is 0 Å².